The first-order valence-electron chi connectivity index (χ1n) is 4.91. The quantitative estimate of drug-likeness (QED) is 0.854. The van der Waals surface area contributed by atoms with Gasteiger partial charge in [-0.3, -0.25) is 4.98 Å². The predicted octanol–water partition coefficient (Wildman–Crippen LogP) is 1.97. The van der Waals surface area contributed by atoms with Gasteiger partial charge >= 0.3 is 0 Å². The Labute approximate surface area is 93.2 Å². The van der Waals surface area contributed by atoms with E-state index in [1.807, 2.05) is 31.4 Å². The summed E-state index contributed by atoms with van der Waals surface area (Å²) >= 11 is 1.71. The molecule has 0 unspecified atom stereocenters. The lowest BCUT2D eigenvalue weighted by Crippen LogP contribution is -2.09. The minimum absolute atomic E-state index is 0.957. The van der Waals surface area contributed by atoms with E-state index in [1.54, 1.807) is 17.5 Å². The molecule has 0 fully saturated rings. The Bertz CT molecular complexity index is 411. The number of thiazole rings is 1. The van der Waals surface area contributed by atoms with Crippen molar-refractivity contribution in [1.82, 2.24) is 15.3 Å². The highest BCUT2D eigenvalue weighted by Gasteiger charge is 2.04. The van der Waals surface area contributed by atoms with E-state index in [2.05, 4.69) is 15.3 Å². The van der Waals surface area contributed by atoms with E-state index in [0.29, 0.717) is 0 Å². The third-order valence-electron chi connectivity index (χ3n) is 2.06. The zero-order valence-electron chi connectivity index (χ0n) is 8.60. The van der Waals surface area contributed by atoms with Gasteiger partial charge in [-0.1, -0.05) is 6.07 Å². The van der Waals surface area contributed by atoms with Crippen LogP contribution in [0.1, 0.15) is 4.88 Å². The van der Waals surface area contributed by atoms with Crippen molar-refractivity contribution in [2.45, 2.75) is 6.42 Å². The highest BCUT2D eigenvalue weighted by molar-refractivity contribution is 7.15. The molecule has 2 aromatic rings. The summed E-state index contributed by atoms with van der Waals surface area (Å²) in [4.78, 5) is 9.94. The summed E-state index contributed by atoms with van der Waals surface area (Å²) < 4.78 is 0. The highest BCUT2D eigenvalue weighted by atomic mass is 32.1. The molecule has 0 aliphatic carbocycles. The second-order valence-corrected chi connectivity index (χ2v) is 4.32. The van der Waals surface area contributed by atoms with E-state index < -0.39 is 0 Å². The zero-order valence-corrected chi connectivity index (χ0v) is 9.42. The smallest absolute Gasteiger partial charge is 0.142 e. The van der Waals surface area contributed by atoms with E-state index >= 15 is 0 Å². The van der Waals surface area contributed by atoms with E-state index in [4.69, 9.17) is 0 Å². The predicted molar refractivity (Wildman–Crippen MR) is 63.0 cm³/mol. The van der Waals surface area contributed by atoms with Gasteiger partial charge < -0.3 is 5.32 Å². The van der Waals surface area contributed by atoms with Gasteiger partial charge in [0.05, 0.1) is 5.69 Å². The van der Waals surface area contributed by atoms with Crippen LogP contribution in [0.3, 0.4) is 0 Å². The summed E-state index contributed by atoms with van der Waals surface area (Å²) in [6, 6.07) is 5.89. The maximum atomic E-state index is 4.37. The highest BCUT2D eigenvalue weighted by Crippen LogP contribution is 2.22. The Hall–Kier alpha value is -1.26. The molecule has 0 aromatic carbocycles. The van der Waals surface area contributed by atoms with Crippen LogP contribution in [0.5, 0.6) is 0 Å². The van der Waals surface area contributed by atoms with Crippen molar-refractivity contribution in [2.75, 3.05) is 13.6 Å². The number of aromatic nitrogens is 2. The fraction of sp³-hybridized carbons (Fsp3) is 0.273. The fourth-order valence-electron chi connectivity index (χ4n) is 1.28. The van der Waals surface area contributed by atoms with Crippen LogP contribution >= 0.6 is 11.3 Å². The van der Waals surface area contributed by atoms with Crippen LogP contribution in [0, 0.1) is 0 Å². The molecule has 2 rings (SSSR count). The van der Waals surface area contributed by atoms with Crippen molar-refractivity contribution in [3.63, 3.8) is 0 Å². The Kier molecular flexibility index (Phi) is 3.42. The molecule has 2 heterocycles. The molecule has 1 N–H and O–H groups in total. The molecule has 2 aromatic heterocycles. The lowest BCUT2D eigenvalue weighted by molar-refractivity contribution is 0.798. The Morgan fingerprint density at radius 1 is 1.33 bits per heavy atom. The van der Waals surface area contributed by atoms with Crippen LogP contribution in [0.25, 0.3) is 10.7 Å². The average molecular weight is 219 g/mol. The molecule has 78 valence electrons. The van der Waals surface area contributed by atoms with Gasteiger partial charge in [0.25, 0.3) is 0 Å². The van der Waals surface area contributed by atoms with Crippen LogP contribution in [0.4, 0.5) is 0 Å². The molecule has 0 saturated heterocycles. The Morgan fingerprint density at radius 2 is 2.27 bits per heavy atom. The molecule has 0 amide bonds. The van der Waals surface area contributed by atoms with Crippen LogP contribution in [0.15, 0.2) is 30.6 Å². The SMILES string of the molecule is CNCCc1cnc(-c2ccccn2)s1. The number of pyridine rings is 1. The number of hydrogen-bond acceptors (Lipinski definition) is 4. The molecule has 0 bridgehead atoms. The Balaban J connectivity index is 2.14. The number of hydrogen-bond donors (Lipinski definition) is 1. The lowest BCUT2D eigenvalue weighted by atomic mass is 10.4. The minimum atomic E-state index is 0.957. The van der Waals surface area contributed by atoms with Gasteiger partial charge in [-0.05, 0) is 32.1 Å². The maximum absolute atomic E-state index is 4.37. The maximum Gasteiger partial charge on any atom is 0.142 e. The standard InChI is InChI=1S/C11H13N3S/c1-12-7-5-9-8-14-11(15-9)10-4-2-3-6-13-10/h2-4,6,8,12H,5,7H2,1H3. The normalized spacial score (nSPS) is 10.5. The largest absolute Gasteiger partial charge is 0.319 e. The second kappa shape index (κ2) is 5.00. The van der Waals surface area contributed by atoms with Crippen LogP contribution in [-0.2, 0) is 6.42 Å². The van der Waals surface area contributed by atoms with Crippen molar-refractivity contribution in [2.24, 2.45) is 0 Å². The molecule has 0 saturated carbocycles. The topological polar surface area (TPSA) is 37.8 Å². The number of nitrogens with one attached hydrogen (secondary N) is 1. The number of rotatable bonds is 4. The van der Waals surface area contributed by atoms with Gasteiger partial charge in [-0.25, -0.2) is 4.98 Å². The summed E-state index contributed by atoms with van der Waals surface area (Å²) in [5, 5.41) is 4.13. The van der Waals surface area contributed by atoms with Gasteiger partial charge in [-0.2, -0.15) is 0 Å². The van der Waals surface area contributed by atoms with Crippen LogP contribution in [0.2, 0.25) is 0 Å². The van der Waals surface area contributed by atoms with Crippen molar-refractivity contribution < 1.29 is 0 Å². The second-order valence-electron chi connectivity index (χ2n) is 3.20. The molecule has 0 atom stereocenters. The number of nitrogens with zero attached hydrogens (tertiary/aromatic N) is 2. The summed E-state index contributed by atoms with van der Waals surface area (Å²) in [6.07, 6.45) is 4.76. The summed E-state index contributed by atoms with van der Waals surface area (Å²) in [7, 11) is 1.96. The molecule has 0 aliphatic rings. The first-order valence-corrected chi connectivity index (χ1v) is 5.72. The van der Waals surface area contributed by atoms with Crippen molar-refractivity contribution in [3.8, 4) is 10.7 Å². The van der Waals surface area contributed by atoms with Gasteiger partial charge in [0.1, 0.15) is 5.01 Å². The Morgan fingerprint density at radius 3 is 3.00 bits per heavy atom. The summed E-state index contributed by atoms with van der Waals surface area (Å²) in [6.45, 7) is 0.990. The molecule has 0 radical (unpaired) electrons. The molecule has 15 heavy (non-hydrogen) atoms. The first-order chi connectivity index (χ1) is 7.40. The molecule has 3 nitrogen and oxygen atoms in total. The fourth-order valence-corrected chi connectivity index (χ4v) is 2.17. The van der Waals surface area contributed by atoms with Gasteiger partial charge in [-0.15, -0.1) is 11.3 Å². The first kappa shape index (κ1) is 10.3. The zero-order chi connectivity index (χ0) is 10.5. The van der Waals surface area contributed by atoms with Crippen LogP contribution < -0.4 is 5.32 Å². The molecular weight excluding hydrogens is 206 g/mol. The van der Waals surface area contributed by atoms with Gasteiger partial charge in [0, 0.05) is 17.3 Å². The third-order valence-corrected chi connectivity index (χ3v) is 3.14. The van der Waals surface area contributed by atoms with E-state index in [9.17, 15) is 0 Å². The monoisotopic (exact) mass is 219 g/mol. The lowest BCUT2D eigenvalue weighted by Gasteiger charge is -1.94. The van der Waals surface area contributed by atoms with E-state index in [1.165, 1.54) is 4.88 Å². The van der Waals surface area contributed by atoms with E-state index in [0.717, 1.165) is 23.7 Å². The summed E-state index contributed by atoms with van der Waals surface area (Å²) in [5.74, 6) is 0. The van der Waals surface area contributed by atoms with Crippen molar-refractivity contribution in [3.05, 3.63) is 35.5 Å². The summed E-state index contributed by atoms with van der Waals surface area (Å²) in [5.41, 5.74) is 0.957. The van der Waals surface area contributed by atoms with Gasteiger partial charge in [0.2, 0.25) is 0 Å². The third kappa shape index (κ3) is 2.61. The van der Waals surface area contributed by atoms with Crippen LogP contribution in [-0.4, -0.2) is 23.6 Å². The van der Waals surface area contributed by atoms with Crippen molar-refractivity contribution >= 4 is 11.3 Å². The molecule has 4 heteroatoms. The minimum Gasteiger partial charge on any atom is -0.319 e. The average Bonchev–Trinajstić information content (AvgIpc) is 2.76. The van der Waals surface area contributed by atoms with Crippen molar-refractivity contribution in [1.29, 1.82) is 0 Å². The van der Waals surface area contributed by atoms with E-state index in [-0.39, 0.29) is 0 Å². The number of likely N-dealkylation sites (N-methyl/N-ethyl adjacent to an activating group) is 1. The molecule has 0 spiro atoms. The van der Waals surface area contributed by atoms with Gasteiger partial charge in [0.15, 0.2) is 0 Å². The molecular formula is C11H13N3S. The molecule has 0 aliphatic heterocycles.